The van der Waals surface area contributed by atoms with Crippen LogP contribution in [0.3, 0.4) is 0 Å². The van der Waals surface area contributed by atoms with E-state index in [2.05, 4.69) is 26.8 Å². The highest BCUT2D eigenvalue weighted by atomic mass is 35.5. The van der Waals surface area contributed by atoms with Crippen LogP contribution in [0.5, 0.6) is 0 Å². The first-order valence-electron chi connectivity index (χ1n) is 3.68. The van der Waals surface area contributed by atoms with E-state index in [0.717, 1.165) is 5.56 Å². The van der Waals surface area contributed by atoms with Crippen molar-refractivity contribution in [3.8, 4) is 0 Å². The fraction of sp³-hybridized carbons (Fsp3) is 0.400. The molecule has 1 rings (SSSR count). The predicted molar refractivity (Wildman–Crippen MR) is 49.0 cm³/mol. The van der Waals surface area contributed by atoms with Crippen molar-refractivity contribution in [2.75, 3.05) is 0 Å². The lowest BCUT2D eigenvalue weighted by atomic mass is 9.87. The minimum absolute atomic E-state index is 0.144. The third-order valence-electron chi connectivity index (χ3n) is 1.57. The quantitative estimate of drug-likeness (QED) is 0.556. The van der Waals surface area contributed by atoms with Gasteiger partial charge in [0.25, 0.3) is 0 Å². The minimum Gasteiger partial charge on any atom is -0.0837 e. The molecule has 1 heteroatoms. The van der Waals surface area contributed by atoms with Crippen LogP contribution in [0.4, 0.5) is 0 Å². The largest absolute Gasteiger partial charge is 0.0837 e. The lowest BCUT2D eigenvalue weighted by Crippen LogP contribution is -2.10. The van der Waals surface area contributed by atoms with E-state index < -0.39 is 0 Å². The molecular formula is C10H12Cl. The number of rotatable bonds is 0. The zero-order valence-corrected chi connectivity index (χ0v) is 7.87. The predicted octanol–water partition coefficient (Wildman–Crippen LogP) is 3.44. The van der Waals surface area contributed by atoms with Gasteiger partial charge in [-0.3, -0.25) is 0 Å². The molecule has 0 fully saturated rings. The van der Waals surface area contributed by atoms with Gasteiger partial charge in [0.1, 0.15) is 0 Å². The van der Waals surface area contributed by atoms with Gasteiger partial charge in [0.15, 0.2) is 0 Å². The molecule has 0 saturated heterocycles. The number of hydrogen-bond acceptors (Lipinski definition) is 0. The summed E-state index contributed by atoms with van der Waals surface area (Å²) >= 11 is 5.80. The van der Waals surface area contributed by atoms with Gasteiger partial charge in [-0.05, 0) is 17.0 Å². The maximum atomic E-state index is 5.80. The van der Waals surface area contributed by atoms with Crippen molar-refractivity contribution in [2.24, 2.45) is 0 Å². The zero-order valence-electron chi connectivity index (χ0n) is 7.11. The molecule has 59 valence electrons. The highest BCUT2D eigenvalue weighted by Crippen LogP contribution is 2.23. The van der Waals surface area contributed by atoms with Crippen LogP contribution in [0.15, 0.2) is 18.2 Å². The molecule has 1 radical (unpaired) electrons. The van der Waals surface area contributed by atoms with Crippen LogP contribution >= 0.6 is 11.6 Å². The van der Waals surface area contributed by atoms with Crippen molar-refractivity contribution in [1.29, 1.82) is 0 Å². The standard InChI is InChI=1S/C10H12Cl/c1-10(2,3)8-5-4-6-9(11)7-8/h4-6H,1-3H3. The number of benzene rings is 1. The summed E-state index contributed by atoms with van der Waals surface area (Å²) in [4.78, 5) is 0. The first-order valence-corrected chi connectivity index (χ1v) is 4.06. The molecule has 0 atom stereocenters. The van der Waals surface area contributed by atoms with Crippen LogP contribution in [0.2, 0.25) is 5.02 Å². The summed E-state index contributed by atoms with van der Waals surface area (Å²) in [6.07, 6.45) is 0. The first-order chi connectivity index (χ1) is 5.00. The molecule has 11 heavy (non-hydrogen) atoms. The number of hydrogen-bond donors (Lipinski definition) is 0. The molecule has 0 amide bonds. The van der Waals surface area contributed by atoms with Crippen LogP contribution in [0.25, 0.3) is 0 Å². The van der Waals surface area contributed by atoms with Crippen molar-refractivity contribution >= 4 is 11.6 Å². The number of halogens is 1. The van der Waals surface area contributed by atoms with Crippen LogP contribution < -0.4 is 0 Å². The Balaban J connectivity index is 3.06. The molecule has 0 bridgehead atoms. The average Bonchev–Trinajstić information content (AvgIpc) is 1.86. The Kier molecular flexibility index (Phi) is 2.24. The molecule has 1 aromatic rings. The fourth-order valence-electron chi connectivity index (χ4n) is 0.878. The molecule has 0 aromatic heterocycles. The molecule has 0 saturated carbocycles. The second-order valence-corrected chi connectivity index (χ2v) is 4.07. The Morgan fingerprint density at radius 2 is 1.91 bits per heavy atom. The molecule has 0 aliphatic heterocycles. The summed E-state index contributed by atoms with van der Waals surface area (Å²) in [5.41, 5.74) is 1.30. The summed E-state index contributed by atoms with van der Waals surface area (Å²) in [6, 6.07) is 8.96. The maximum Gasteiger partial charge on any atom is 0.0488 e. The van der Waals surface area contributed by atoms with Gasteiger partial charge in [0, 0.05) is 11.1 Å². The van der Waals surface area contributed by atoms with E-state index in [0.29, 0.717) is 5.02 Å². The monoisotopic (exact) mass is 167 g/mol. The van der Waals surface area contributed by atoms with Crippen LogP contribution in [-0.4, -0.2) is 0 Å². The van der Waals surface area contributed by atoms with E-state index in [1.54, 1.807) is 0 Å². The average molecular weight is 168 g/mol. The second-order valence-electron chi connectivity index (χ2n) is 3.66. The van der Waals surface area contributed by atoms with Gasteiger partial charge in [-0.2, -0.15) is 0 Å². The van der Waals surface area contributed by atoms with E-state index in [-0.39, 0.29) is 5.41 Å². The Bertz CT molecular complexity index is 245. The molecule has 0 aliphatic carbocycles. The normalized spacial score (nSPS) is 11.6. The summed E-state index contributed by atoms with van der Waals surface area (Å²) in [5, 5.41) is 0.692. The summed E-state index contributed by atoms with van der Waals surface area (Å²) in [7, 11) is 0. The third kappa shape index (κ3) is 2.23. The van der Waals surface area contributed by atoms with E-state index >= 15 is 0 Å². The highest BCUT2D eigenvalue weighted by Gasteiger charge is 2.13. The lowest BCUT2D eigenvalue weighted by molar-refractivity contribution is 0.589. The summed E-state index contributed by atoms with van der Waals surface area (Å²) in [5.74, 6) is 0. The van der Waals surface area contributed by atoms with Crippen molar-refractivity contribution < 1.29 is 0 Å². The highest BCUT2D eigenvalue weighted by molar-refractivity contribution is 6.30. The maximum absolute atomic E-state index is 5.80. The van der Waals surface area contributed by atoms with Gasteiger partial charge < -0.3 is 0 Å². The zero-order chi connectivity index (χ0) is 8.48. The molecular weight excluding hydrogens is 156 g/mol. The van der Waals surface area contributed by atoms with Gasteiger partial charge in [-0.15, -0.1) is 0 Å². The molecule has 0 heterocycles. The van der Waals surface area contributed by atoms with Crippen LogP contribution in [-0.2, 0) is 5.41 Å². The SMILES string of the molecule is CC(C)(C)c1[c]c(Cl)ccc1. The van der Waals surface area contributed by atoms with Gasteiger partial charge in [0.05, 0.1) is 0 Å². The Morgan fingerprint density at radius 3 is 2.27 bits per heavy atom. The van der Waals surface area contributed by atoms with Gasteiger partial charge in [-0.1, -0.05) is 44.5 Å². The van der Waals surface area contributed by atoms with Gasteiger partial charge >= 0.3 is 0 Å². The first kappa shape index (κ1) is 8.61. The third-order valence-corrected chi connectivity index (χ3v) is 1.79. The van der Waals surface area contributed by atoms with Crippen molar-refractivity contribution in [1.82, 2.24) is 0 Å². The smallest absolute Gasteiger partial charge is 0.0488 e. The Labute approximate surface area is 73.2 Å². The van der Waals surface area contributed by atoms with E-state index in [4.69, 9.17) is 11.6 Å². The Hall–Kier alpha value is -0.490. The molecule has 0 nitrogen and oxygen atoms in total. The molecule has 0 N–H and O–H groups in total. The molecule has 0 unspecified atom stereocenters. The van der Waals surface area contributed by atoms with E-state index in [9.17, 15) is 0 Å². The van der Waals surface area contributed by atoms with Crippen molar-refractivity contribution in [2.45, 2.75) is 26.2 Å². The van der Waals surface area contributed by atoms with Gasteiger partial charge in [0.2, 0.25) is 0 Å². The fourth-order valence-corrected chi connectivity index (χ4v) is 1.05. The minimum atomic E-state index is 0.144. The summed E-state index contributed by atoms with van der Waals surface area (Å²) in [6.45, 7) is 6.44. The molecule has 0 spiro atoms. The van der Waals surface area contributed by atoms with E-state index in [1.165, 1.54) is 0 Å². The second kappa shape index (κ2) is 2.86. The Morgan fingerprint density at radius 1 is 1.27 bits per heavy atom. The van der Waals surface area contributed by atoms with Crippen LogP contribution in [0, 0.1) is 6.07 Å². The summed E-state index contributed by atoms with van der Waals surface area (Å²) < 4.78 is 0. The van der Waals surface area contributed by atoms with E-state index in [1.807, 2.05) is 18.2 Å². The van der Waals surface area contributed by atoms with Gasteiger partial charge in [-0.25, -0.2) is 0 Å². The van der Waals surface area contributed by atoms with Crippen molar-refractivity contribution in [3.05, 3.63) is 34.9 Å². The topological polar surface area (TPSA) is 0 Å². The molecule has 1 aromatic carbocycles. The van der Waals surface area contributed by atoms with Crippen molar-refractivity contribution in [3.63, 3.8) is 0 Å². The van der Waals surface area contributed by atoms with Crippen LogP contribution in [0.1, 0.15) is 26.3 Å². The molecule has 0 aliphatic rings. The lowest BCUT2D eigenvalue weighted by Gasteiger charge is -2.18.